The molecule has 2 heterocycles. The molecule has 0 aliphatic carbocycles. The van der Waals surface area contributed by atoms with Crippen molar-refractivity contribution in [1.29, 1.82) is 0 Å². The van der Waals surface area contributed by atoms with Crippen molar-refractivity contribution in [2.75, 3.05) is 27.9 Å². The van der Waals surface area contributed by atoms with E-state index in [1.807, 2.05) is 0 Å². The second kappa shape index (κ2) is 10.3. The average Bonchev–Trinajstić information content (AvgIpc) is 2.88. The molecule has 1 fully saturated rings. The Hall–Kier alpha value is -3.42. The molecule has 0 bridgehead atoms. The number of benzene rings is 2. The van der Waals surface area contributed by atoms with Gasteiger partial charge in [0.2, 0.25) is 12.0 Å². The van der Waals surface area contributed by atoms with Crippen LogP contribution >= 0.6 is 0 Å². The van der Waals surface area contributed by atoms with E-state index in [0.29, 0.717) is 22.6 Å². The summed E-state index contributed by atoms with van der Waals surface area (Å²) in [6.07, 6.45) is -7.00. The van der Waals surface area contributed by atoms with Crippen LogP contribution in [0.15, 0.2) is 30.0 Å². The Labute approximate surface area is 206 Å². The maximum Gasteiger partial charge on any atom is 0.270 e. The molecule has 0 aromatic heterocycles. The van der Waals surface area contributed by atoms with Crippen molar-refractivity contribution < 1.29 is 59.1 Å². The molecule has 2 aliphatic rings. The molecule has 1 unspecified atom stereocenters. The van der Waals surface area contributed by atoms with Gasteiger partial charge >= 0.3 is 0 Å². The van der Waals surface area contributed by atoms with Gasteiger partial charge in [-0.2, -0.15) is 0 Å². The van der Waals surface area contributed by atoms with Gasteiger partial charge in [0.15, 0.2) is 17.3 Å². The molecular formula is C24H29O12+. The van der Waals surface area contributed by atoms with E-state index in [4.69, 9.17) is 23.7 Å². The largest absolute Gasteiger partial charge is 0.571 e. The van der Waals surface area contributed by atoms with Crippen molar-refractivity contribution in [1.82, 2.24) is 0 Å². The summed E-state index contributed by atoms with van der Waals surface area (Å²) >= 11 is 0. The monoisotopic (exact) mass is 509 g/mol. The Bertz CT molecular complexity index is 1110. The van der Waals surface area contributed by atoms with E-state index in [1.165, 1.54) is 45.6 Å². The van der Waals surface area contributed by atoms with Crippen molar-refractivity contribution in [3.8, 4) is 34.5 Å². The van der Waals surface area contributed by atoms with Crippen LogP contribution in [0.5, 0.6) is 34.5 Å². The highest BCUT2D eigenvalue weighted by atomic mass is 16.7. The third-order valence-electron chi connectivity index (χ3n) is 6.09. The van der Waals surface area contributed by atoms with E-state index < -0.39 is 43.4 Å². The van der Waals surface area contributed by atoms with Crippen LogP contribution in [0.2, 0.25) is 0 Å². The van der Waals surface area contributed by atoms with Crippen LogP contribution in [0.1, 0.15) is 17.2 Å². The molecule has 196 valence electrons. The molecule has 2 aromatic carbocycles. The van der Waals surface area contributed by atoms with Crippen LogP contribution in [0.4, 0.5) is 0 Å². The molecule has 0 saturated carbocycles. The summed E-state index contributed by atoms with van der Waals surface area (Å²) < 4.78 is 31.9. The molecular weight excluding hydrogens is 480 g/mol. The molecule has 4 rings (SSSR count). The van der Waals surface area contributed by atoms with Gasteiger partial charge in [-0.15, -0.1) is 0 Å². The first-order valence-electron chi connectivity index (χ1n) is 11.0. The molecule has 2 aromatic rings. The maximum absolute atomic E-state index is 10.6. The molecule has 12 nitrogen and oxygen atoms in total. The number of methoxy groups -OCH3 is 3. The van der Waals surface area contributed by atoms with Gasteiger partial charge < -0.3 is 59.1 Å². The number of hydrogen-bond acceptors (Lipinski definition) is 11. The van der Waals surface area contributed by atoms with Crippen molar-refractivity contribution in [3.63, 3.8) is 0 Å². The zero-order chi connectivity index (χ0) is 26.1. The first-order chi connectivity index (χ1) is 17.2. The zero-order valence-corrected chi connectivity index (χ0v) is 19.7. The first kappa shape index (κ1) is 25.7. The second-order valence-electron chi connectivity index (χ2n) is 8.25. The van der Waals surface area contributed by atoms with Gasteiger partial charge in [-0.3, -0.25) is 0 Å². The summed E-state index contributed by atoms with van der Waals surface area (Å²) in [4.78, 5) is 0. The van der Waals surface area contributed by atoms with E-state index in [-0.39, 0.29) is 28.8 Å². The highest BCUT2D eigenvalue weighted by Crippen LogP contribution is 2.48. The van der Waals surface area contributed by atoms with Crippen molar-refractivity contribution >= 4 is 6.08 Å². The summed E-state index contributed by atoms with van der Waals surface area (Å²) in [5.41, 5.74) is 0.745. The Morgan fingerprint density at radius 1 is 0.889 bits per heavy atom. The first-order valence-corrected chi connectivity index (χ1v) is 11.0. The summed E-state index contributed by atoms with van der Waals surface area (Å²) in [5.74, 6) is 0.645. The number of ether oxygens (including phenoxy) is 6. The van der Waals surface area contributed by atoms with Crippen LogP contribution in [0.3, 0.4) is 0 Å². The van der Waals surface area contributed by atoms with Gasteiger partial charge in [-0.1, -0.05) is 0 Å². The third-order valence-corrected chi connectivity index (χ3v) is 6.09. The Morgan fingerprint density at radius 2 is 1.56 bits per heavy atom. The SMILES string of the molecule is COc1cc(O)c2c(c1)[OH+]C(c1cc(OC)c(O)c(OC)c1)C(O[C@@H]1O[C@H](CO)[C@@H](O)[C@H](O)[C@@H]1O)=C2. The molecule has 12 heteroatoms. The lowest BCUT2D eigenvalue weighted by Crippen LogP contribution is -2.59. The fraction of sp³-hybridized carbons (Fsp3) is 0.417. The lowest BCUT2D eigenvalue weighted by molar-refractivity contribution is -0.295. The topological polar surface area (TPSA) is 180 Å². The van der Waals surface area contributed by atoms with Gasteiger partial charge in [0.05, 0.1) is 39.6 Å². The predicted molar refractivity (Wildman–Crippen MR) is 123 cm³/mol. The zero-order valence-electron chi connectivity index (χ0n) is 19.7. The van der Waals surface area contributed by atoms with Gasteiger partial charge in [0, 0.05) is 12.1 Å². The Kier molecular flexibility index (Phi) is 7.33. The van der Waals surface area contributed by atoms with Gasteiger partial charge in [0.1, 0.15) is 41.5 Å². The Balaban J connectivity index is 1.80. The fourth-order valence-electron chi connectivity index (χ4n) is 4.10. The quantitative estimate of drug-likeness (QED) is 0.282. The van der Waals surface area contributed by atoms with Crippen molar-refractivity contribution in [2.24, 2.45) is 0 Å². The number of phenols is 2. The van der Waals surface area contributed by atoms with E-state index in [0.717, 1.165) is 0 Å². The minimum atomic E-state index is -1.67. The summed E-state index contributed by atoms with van der Waals surface area (Å²) in [7, 11) is 4.19. The van der Waals surface area contributed by atoms with Crippen LogP contribution in [-0.4, -0.2) is 94.0 Å². The van der Waals surface area contributed by atoms with Crippen LogP contribution in [-0.2, 0) is 9.47 Å². The standard InChI is InChI=1S/C24H28O12/c1-31-11-6-13(26)12-8-17(35-24-22(30)21(29)20(28)18(9-25)36-24)23(34-14(12)7-11)10-4-15(32-2)19(27)16(5-10)33-3/h4-8,18,20-30H,9H2,1-3H3/p+1/t18-,20-,21+,22+,23?,24-/m1/s1. The van der Waals surface area contributed by atoms with Crippen molar-refractivity contribution in [3.05, 3.63) is 41.2 Å². The average molecular weight is 509 g/mol. The summed E-state index contributed by atoms with van der Waals surface area (Å²) in [6.45, 7) is -0.632. The highest BCUT2D eigenvalue weighted by molar-refractivity contribution is 5.69. The molecule has 0 amide bonds. The number of fused-ring (bicyclic) bond motifs is 1. The lowest BCUT2D eigenvalue weighted by Gasteiger charge is -2.40. The van der Waals surface area contributed by atoms with E-state index in [2.05, 4.69) is 4.74 Å². The highest BCUT2D eigenvalue weighted by Gasteiger charge is 2.46. The molecule has 0 radical (unpaired) electrons. The smallest absolute Gasteiger partial charge is 0.270 e. The summed E-state index contributed by atoms with van der Waals surface area (Å²) in [5, 5.41) is 61.2. The fourth-order valence-corrected chi connectivity index (χ4v) is 4.10. The molecule has 0 spiro atoms. The van der Waals surface area contributed by atoms with Crippen molar-refractivity contribution in [2.45, 2.75) is 36.8 Å². The van der Waals surface area contributed by atoms with Crippen LogP contribution in [0, 0.1) is 0 Å². The van der Waals surface area contributed by atoms with Gasteiger partial charge in [0.25, 0.3) is 11.9 Å². The van der Waals surface area contributed by atoms with Crippen LogP contribution < -0.4 is 14.2 Å². The van der Waals surface area contributed by atoms with Gasteiger partial charge in [-0.05, 0) is 12.1 Å². The number of aliphatic hydroxyl groups excluding tert-OH is 4. The van der Waals surface area contributed by atoms with E-state index in [1.54, 1.807) is 6.07 Å². The van der Waals surface area contributed by atoms with E-state index in [9.17, 15) is 30.6 Å². The molecule has 7 N–H and O–H groups in total. The minimum absolute atomic E-state index is 0.0853. The lowest BCUT2D eigenvalue weighted by atomic mass is 9.98. The molecule has 36 heavy (non-hydrogen) atoms. The Morgan fingerprint density at radius 3 is 2.14 bits per heavy atom. The number of aliphatic hydroxyl groups is 5. The summed E-state index contributed by atoms with van der Waals surface area (Å²) in [6, 6.07) is 6.03. The maximum atomic E-state index is 10.6. The second-order valence-corrected chi connectivity index (χ2v) is 8.25. The van der Waals surface area contributed by atoms with E-state index >= 15 is 0 Å². The number of hydrogen-bond donors (Lipinski definition) is 6. The number of rotatable bonds is 7. The predicted octanol–water partition coefficient (Wildman–Crippen LogP) is 0.277. The minimum Gasteiger partial charge on any atom is -0.571 e. The normalized spacial score (nSPS) is 27.4. The van der Waals surface area contributed by atoms with Crippen LogP contribution in [0.25, 0.3) is 6.08 Å². The number of phenolic OH excluding ortho intramolecular Hbond substituents is 2. The molecule has 1 saturated heterocycles. The number of aromatic hydroxyl groups is 3. The molecule has 2 aliphatic heterocycles. The third kappa shape index (κ3) is 4.56. The molecule has 6 atom stereocenters. The van der Waals surface area contributed by atoms with Gasteiger partial charge in [-0.25, -0.2) is 0 Å².